The number of carbonyl (C=O) groups excluding carboxylic acids is 2. The highest BCUT2D eigenvalue weighted by atomic mass is 19.4. The van der Waals surface area contributed by atoms with Crippen LogP contribution in [-0.4, -0.2) is 58.7 Å². The van der Waals surface area contributed by atoms with E-state index >= 15 is 0 Å². The summed E-state index contributed by atoms with van der Waals surface area (Å²) in [5, 5.41) is 10.9. The van der Waals surface area contributed by atoms with Crippen molar-refractivity contribution in [1.29, 1.82) is 0 Å². The minimum absolute atomic E-state index is 0.111. The Balaban J connectivity index is 1.31. The van der Waals surface area contributed by atoms with Crippen molar-refractivity contribution in [2.24, 2.45) is 0 Å². The number of aliphatic hydroxyl groups is 1. The van der Waals surface area contributed by atoms with Crippen LogP contribution < -0.4 is 0 Å². The Hall–Kier alpha value is -3.07. The minimum Gasteiger partial charge on any atom is -0.444 e. The number of benzene rings is 2. The van der Waals surface area contributed by atoms with E-state index in [9.17, 15) is 27.9 Å². The second-order valence-corrected chi connectivity index (χ2v) is 10.6. The van der Waals surface area contributed by atoms with Gasteiger partial charge in [0.1, 0.15) is 11.2 Å². The second kappa shape index (κ2) is 9.42. The number of halogens is 3. The van der Waals surface area contributed by atoms with Gasteiger partial charge in [-0.15, -0.1) is 0 Å². The van der Waals surface area contributed by atoms with E-state index < -0.39 is 29.0 Å². The first-order chi connectivity index (χ1) is 16.7. The molecule has 0 spiro atoms. The number of likely N-dealkylation sites (tertiary alicyclic amines) is 2. The number of alkyl halides is 3. The van der Waals surface area contributed by atoms with Gasteiger partial charge in [0.05, 0.1) is 18.7 Å². The molecule has 6 nitrogen and oxygen atoms in total. The summed E-state index contributed by atoms with van der Waals surface area (Å²) in [5.41, 5.74) is -0.476. The summed E-state index contributed by atoms with van der Waals surface area (Å²) in [7, 11) is 0. The predicted octanol–water partition coefficient (Wildman–Crippen LogP) is 5.16. The number of rotatable bonds is 3. The molecular formula is C27H31F3N2O4. The van der Waals surface area contributed by atoms with Gasteiger partial charge in [0.25, 0.3) is 5.91 Å². The van der Waals surface area contributed by atoms with Gasteiger partial charge < -0.3 is 19.6 Å². The molecule has 0 atom stereocenters. The Kier molecular flexibility index (Phi) is 6.81. The molecule has 9 heteroatoms. The molecule has 0 aliphatic carbocycles. The molecule has 0 radical (unpaired) electrons. The molecule has 2 fully saturated rings. The van der Waals surface area contributed by atoms with E-state index in [1.54, 1.807) is 49.9 Å². The van der Waals surface area contributed by atoms with Crippen LogP contribution in [0.3, 0.4) is 0 Å². The van der Waals surface area contributed by atoms with E-state index in [1.807, 2.05) is 0 Å². The third-order valence-corrected chi connectivity index (χ3v) is 6.72. The van der Waals surface area contributed by atoms with E-state index in [0.717, 1.165) is 17.7 Å². The fourth-order valence-corrected chi connectivity index (χ4v) is 4.69. The summed E-state index contributed by atoms with van der Waals surface area (Å²) in [4.78, 5) is 28.3. The van der Waals surface area contributed by atoms with Gasteiger partial charge in [0.2, 0.25) is 0 Å². The van der Waals surface area contributed by atoms with Gasteiger partial charge in [0.15, 0.2) is 0 Å². The first-order valence-corrected chi connectivity index (χ1v) is 12.0. The average molecular weight is 505 g/mol. The number of carbonyl (C=O) groups is 2. The smallest absolute Gasteiger partial charge is 0.416 e. The van der Waals surface area contributed by atoms with Crippen LogP contribution in [-0.2, 0) is 16.5 Å². The van der Waals surface area contributed by atoms with Crippen molar-refractivity contribution < 1.29 is 32.6 Å². The molecule has 1 N–H and O–H groups in total. The monoisotopic (exact) mass is 504 g/mol. The van der Waals surface area contributed by atoms with Crippen molar-refractivity contribution in [3.8, 4) is 0 Å². The zero-order valence-electron chi connectivity index (χ0n) is 20.6. The zero-order valence-corrected chi connectivity index (χ0v) is 20.6. The molecule has 2 aromatic carbocycles. The Labute approximate surface area is 208 Å². The normalized spacial score (nSPS) is 18.5. The maximum absolute atomic E-state index is 13.0. The average Bonchev–Trinajstić information content (AvgIpc) is 2.80. The number of piperidine rings is 1. The molecule has 36 heavy (non-hydrogen) atoms. The molecule has 2 saturated heterocycles. The van der Waals surface area contributed by atoms with E-state index in [4.69, 9.17) is 4.74 Å². The third-order valence-electron chi connectivity index (χ3n) is 6.72. The topological polar surface area (TPSA) is 70.1 Å². The fourth-order valence-electron chi connectivity index (χ4n) is 4.69. The maximum Gasteiger partial charge on any atom is 0.416 e. The van der Waals surface area contributed by atoms with Gasteiger partial charge in [-0.2, -0.15) is 13.2 Å². The number of ether oxygens (including phenoxy) is 1. The molecule has 0 aromatic heterocycles. The van der Waals surface area contributed by atoms with E-state index in [2.05, 4.69) is 0 Å². The molecule has 2 aliphatic rings. The molecule has 4 rings (SSSR count). The van der Waals surface area contributed by atoms with Crippen LogP contribution in [0.1, 0.15) is 66.6 Å². The lowest BCUT2D eigenvalue weighted by Gasteiger charge is -2.46. The second-order valence-electron chi connectivity index (χ2n) is 10.6. The predicted molar refractivity (Wildman–Crippen MR) is 127 cm³/mol. The summed E-state index contributed by atoms with van der Waals surface area (Å²) in [6.45, 7) is 6.61. The lowest BCUT2D eigenvalue weighted by atomic mass is 9.86. The Morgan fingerprint density at radius 1 is 0.917 bits per heavy atom. The Morgan fingerprint density at radius 2 is 1.47 bits per heavy atom. The summed E-state index contributed by atoms with van der Waals surface area (Å²) < 4.78 is 43.7. The van der Waals surface area contributed by atoms with Crippen LogP contribution in [0.2, 0.25) is 0 Å². The molecule has 194 valence electrons. The molecule has 2 heterocycles. The van der Waals surface area contributed by atoms with Crippen LogP contribution in [0, 0.1) is 0 Å². The lowest BCUT2D eigenvalue weighted by molar-refractivity contribution is -0.137. The number of nitrogens with zero attached hydrogens (tertiary/aromatic N) is 2. The molecule has 2 aliphatic heterocycles. The lowest BCUT2D eigenvalue weighted by Crippen LogP contribution is -2.61. The summed E-state index contributed by atoms with van der Waals surface area (Å²) in [6, 6.07) is 12.0. The van der Waals surface area contributed by atoms with Crippen LogP contribution in [0.4, 0.5) is 18.0 Å². The van der Waals surface area contributed by atoms with E-state index in [0.29, 0.717) is 37.1 Å². The van der Waals surface area contributed by atoms with E-state index in [1.165, 1.54) is 17.0 Å². The molecule has 0 saturated carbocycles. The largest absolute Gasteiger partial charge is 0.444 e. The fraction of sp³-hybridized carbons (Fsp3) is 0.481. The SMILES string of the molecule is CC(C)(C)OC(=O)N1CC(O)(c2ccc(C(=O)N3CCC(c4ccc(C(F)(F)F)cc4)CC3)cc2)C1. The van der Waals surface area contributed by atoms with Crippen molar-refractivity contribution in [3.05, 3.63) is 70.8 Å². The summed E-state index contributed by atoms with van der Waals surface area (Å²) in [6.07, 6.45) is -3.47. The minimum atomic E-state index is -4.35. The summed E-state index contributed by atoms with van der Waals surface area (Å²) in [5.74, 6) is -0.0112. The quantitative estimate of drug-likeness (QED) is 0.627. The van der Waals surface area contributed by atoms with Crippen LogP contribution in [0.15, 0.2) is 48.5 Å². The number of amides is 2. The molecule has 0 bridgehead atoms. The molecule has 0 unspecified atom stereocenters. The highest BCUT2D eigenvalue weighted by Crippen LogP contribution is 2.35. The highest BCUT2D eigenvalue weighted by molar-refractivity contribution is 5.94. The van der Waals surface area contributed by atoms with Gasteiger partial charge in [-0.3, -0.25) is 4.79 Å². The summed E-state index contributed by atoms with van der Waals surface area (Å²) >= 11 is 0. The van der Waals surface area contributed by atoms with Gasteiger partial charge in [-0.25, -0.2) is 4.79 Å². The highest BCUT2D eigenvalue weighted by Gasteiger charge is 2.46. The molecular weight excluding hydrogens is 473 g/mol. The van der Waals surface area contributed by atoms with Crippen LogP contribution >= 0.6 is 0 Å². The van der Waals surface area contributed by atoms with Crippen molar-refractivity contribution in [3.63, 3.8) is 0 Å². The number of hydrogen-bond donors (Lipinski definition) is 1. The maximum atomic E-state index is 13.0. The van der Waals surface area contributed by atoms with Gasteiger partial charge in [-0.05, 0) is 74.9 Å². The molecule has 2 aromatic rings. The number of β-amino-alcohol motifs (C(OH)–C–C–N with tert-alkyl or cyclic N) is 1. The van der Waals surface area contributed by atoms with E-state index in [-0.39, 0.29) is 24.9 Å². The third kappa shape index (κ3) is 5.67. The Morgan fingerprint density at radius 3 is 1.97 bits per heavy atom. The Bertz CT molecular complexity index is 1090. The molecule has 2 amide bonds. The van der Waals surface area contributed by atoms with Crippen molar-refractivity contribution >= 4 is 12.0 Å². The first-order valence-electron chi connectivity index (χ1n) is 12.0. The standard InChI is InChI=1S/C27H31F3N2O4/c1-25(2,3)36-24(34)32-16-26(35,17-32)21-8-6-20(7-9-21)23(33)31-14-12-19(13-15-31)18-4-10-22(11-5-18)27(28,29)30/h4-11,19,35H,12-17H2,1-3H3. The van der Waals surface area contributed by atoms with Gasteiger partial charge in [-0.1, -0.05) is 24.3 Å². The van der Waals surface area contributed by atoms with Crippen molar-refractivity contribution in [2.45, 2.75) is 56.9 Å². The van der Waals surface area contributed by atoms with Gasteiger partial charge in [0, 0.05) is 18.7 Å². The zero-order chi connectivity index (χ0) is 26.3. The van der Waals surface area contributed by atoms with Crippen molar-refractivity contribution in [2.75, 3.05) is 26.2 Å². The van der Waals surface area contributed by atoms with Gasteiger partial charge >= 0.3 is 12.3 Å². The first kappa shape index (κ1) is 26.0. The number of hydrogen-bond acceptors (Lipinski definition) is 4. The van der Waals surface area contributed by atoms with Crippen molar-refractivity contribution in [1.82, 2.24) is 9.80 Å². The van der Waals surface area contributed by atoms with Crippen LogP contribution in [0.25, 0.3) is 0 Å². The van der Waals surface area contributed by atoms with Crippen LogP contribution in [0.5, 0.6) is 0 Å².